The van der Waals surface area contributed by atoms with Gasteiger partial charge in [0.1, 0.15) is 11.9 Å². The van der Waals surface area contributed by atoms with Crippen molar-refractivity contribution < 1.29 is 14.6 Å². The first kappa shape index (κ1) is 18.3. The minimum Gasteiger partial charge on any atom is -0.486 e. The van der Waals surface area contributed by atoms with Crippen molar-refractivity contribution in [2.24, 2.45) is 0 Å². The first-order valence-corrected chi connectivity index (χ1v) is 8.68. The molecule has 0 aliphatic heterocycles. The largest absolute Gasteiger partial charge is 0.486 e. The van der Waals surface area contributed by atoms with Crippen LogP contribution in [0.3, 0.4) is 0 Å². The molecule has 0 fully saturated rings. The molecule has 1 N–H and O–H groups in total. The molecule has 0 aromatic heterocycles. The number of ether oxygens (including phenoxy) is 2. The second kappa shape index (κ2) is 9.33. The van der Waals surface area contributed by atoms with Crippen LogP contribution in [0.1, 0.15) is 17.9 Å². The Morgan fingerprint density at radius 2 is 1.96 bits per heavy atom. The molecule has 0 saturated carbocycles. The SMILES string of the molecule is COCC(CCl)c1ccc(OC2C=CC(C(O)CCl)=CC2)cc1. The average Bonchev–Trinajstić information content (AvgIpc) is 2.60. The summed E-state index contributed by atoms with van der Waals surface area (Å²) in [5.41, 5.74) is 1.99. The normalized spacial score (nSPS) is 20.0. The molecule has 0 radical (unpaired) electrons. The van der Waals surface area contributed by atoms with Crippen LogP contribution in [-0.4, -0.2) is 42.8 Å². The zero-order valence-corrected chi connectivity index (χ0v) is 14.6. The summed E-state index contributed by atoms with van der Waals surface area (Å²) in [5, 5.41) is 9.69. The van der Waals surface area contributed by atoms with E-state index in [1.807, 2.05) is 42.5 Å². The number of rotatable bonds is 8. The molecule has 126 valence electrons. The van der Waals surface area contributed by atoms with Crippen LogP contribution in [0.4, 0.5) is 0 Å². The summed E-state index contributed by atoms with van der Waals surface area (Å²) in [4.78, 5) is 0. The number of alkyl halides is 2. The second-order valence-electron chi connectivity index (χ2n) is 5.50. The maximum absolute atomic E-state index is 9.69. The van der Waals surface area contributed by atoms with Gasteiger partial charge in [-0.15, -0.1) is 23.2 Å². The van der Waals surface area contributed by atoms with E-state index in [4.69, 9.17) is 32.7 Å². The van der Waals surface area contributed by atoms with Gasteiger partial charge in [0.15, 0.2) is 0 Å². The molecule has 3 atom stereocenters. The Morgan fingerprint density at radius 3 is 2.48 bits per heavy atom. The molecule has 3 nitrogen and oxygen atoms in total. The quantitative estimate of drug-likeness (QED) is 0.718. The molecule has 1 aromatic carbocycles. The lowest BCUT2D eigenvalue weighted by molar-refractivity contribution is 0.185. The lowest BCUT2D eigenvalue weighted by Gasteiger charge is -2.20. The van der Waals surface area contributed by atoms with E-state index in [-0.39, 0.29) is 17.9 Å². The third kappa shape index (κ3) is 5.25. The predicted octanol–water partition coefficient (Wildman–Crippen LogP) is 3.89. The number of hydrogen-bond donors (Lipinski definition) is 1. The number of aliphatic hydroxyl groups excluding tert-OH is 1. The van der Waals surface area contributed by atoms with Crippen LogP contribution in [-0.2, 0) is 4.74 Å². The molecular formula is C18H22Cl2O3. The summed E-state index contributed by atoms with van der Waals surface area (Å²) in [6.07, 6.45) is 5.86. The van der Waals surface area contributed by atoms with E-state index in [2.05, 4.69) is 0 Å². The molecule has 2 rings (SSSR count). The zero-order chi connectivity index (χ0) is 16.7. The Labute approximate surface area is 147 Å². The highest BCUT2D eigenvalue weighted by Crippen LogP contribution is 2.24. The van der Waals surface area contributed by atoms with Crippen LogP contribution < -0.4 is 4.74 Å². The van der Waals surface area contributed by atoms with Crippen molar-refractivity contribution in [1.82, 2.24) is 0 Å². The van der Waals surface area contributed by atoms with Gasteiger partial charge in [-0.3, -0.25) is 0 Å². The number of methoxy groups -OCH3 is 1. The molecular weight excluding hydrogens is 335 g/mol. The standard InChI is InChI=1S/C18H22Cl2O3/c1-22-12-15(10-19)13-2-6-16(7-3-13)23-17-8-4-14(5-9-17)18(21)11-20/h2-8,15,17-18,21H,9-12H2,1H3. The van der Waals surface area contributed by atoms with E-state index in [0.29, 0.717) is 12.5 Å². The summed E-state index contributed by atoms with van der Waals surface area (Å²) in [5.74, 6) is 1.72. The van der Waals surface area contributed by atoms with Gasteiger partial charge in [-0.1, -0.05) is 24.3 Å². The van der Waals surface area contributed by atoms with Crippen molar-refractivity contribution in [1.29, 1.82) is 0 Å². The third-order valence-corrected chi connectivity index (χ3v) is 4.48. The molecule has 3 unspecified atom stereocenters. The first-order valence-electron chi connectivity index (χ1n) is 7.61. The number of halogens is 2. The van der Waals surface area contributed by atoms with E-state index in [9.17, 15) is 5.11 Å². The Morgan fingerprint density at radius 1 is 1.22 bits per heavy atom. The maximum Gasteiger partial charge on any atom is 0.121 e. The molecule has 0 heterocycles. The minimum atomic E-state index is -0.610. The van der Waals surface area contributed by atoms with Crippen molar-refractivity contribution in [2.45, 2.75) is 24.5 Å². The van der Waals surface area contributed by atoms with Crippen LogP contribution in [0.25, 0.3) is 0 Å². The lowest BCUT2D eigenvalue weighted by Crippen LogP contribution is -2.19. The van der Waals surface area contributed by atoms with Gasteiger partial charge < -0.3 is 14.6 Å². The number of aliphatic hydroxyl groups is 1. The summed E-state index contributed by atoms with van der Waals surface area (Å²) in [6, 6.07) is 7.94. The average molecular weight is 357 g/mol. The smallest absolute Gasteiger partial charge is 0.121 e. The van der Waals surface area contributed by atoms with Crippen molar-refractivity contribution in [3.63, 3.8) is 0 Å². The monoisotopic (exact) mass is 356 g/mol. The fourth-order valence-corrected chi connectivity index (χ4v) is 2.91. The van der Waals surface area contributed by atoms with Crippen LogP contribution in [0, 0.1) is 0 Å². The molecule has 23 heavy (non-hydrogen) atoms. The fraction of sp³-hybridized carbons (Fsp3) is 0.444. The van der Waals surface area contributed by atoms with Crippen molar-refractivity contribution >= 4 is 23.2 Å². The lowest BCUT2D eigenvalue weighted by atomic mass is 10.0. The highest BCUT2D eigenvalue weighted by Gasteiger charge is 2.15. The van der Waals surface area contributed by atoms with Gasteiger partial charge in [-0.05, 0) is 29.3 Å². The van der Waals surface area contributed by atoms with Gasteiger partial charge in [0, 0.05) is 25.3 Å². The maximum atomic E-state index is 9.69. The Bertz CT molecular complexity index is 540. The van der Waals surface area contributed by atoms with Crippen LogP contribution in [0.2, 0.25) is 0 Å². The molecule has 1 aromatic rings. The van der Waals surface area contributed by atoms with Crippen LogP contribution in [0.5, 0.6) is 5.75 Å². The van der Waals surface area contributed by atoms with Gasteiger partial charge in [0.25, 0.3) is 0 Å². The number of hydrogen-bond acceptors (Lipinski definition) is 3. The predicted molar refractivity (Wildman–Crippen MR) is 94.8 cm³/mol. The van der Waals surface area contributed by atoms with Gasteiger partial charge in [0.05, 0.1) is 18.6 Å². The van der Waals surface area contributed by atoms with E-state index in [1.165, 1.54) is 0 Å². The fourth-order valence-electron chi connectivity index (χ4n) is 2.47. The van der Waals surface area contributed by atoms with E-state index < -0.39 is 6.10 Å². The van der Waals surface area contributed by atoms with Crippen LogP contribution >= 0.6 is 23.2 Å². The van der Waals surface area contributed by atoms with Crippen molar-refractivity contribution in [3.8, 4) is 5.75 Å². The highest BCUT2D eigenvalue weighted by molar-refractivity contribution is 6.18. The summed E-state index contributed by atoms with van der Waals surface area (Å²) in [7, 11) is 1.68. The van der Waals surface area contributed by atoms with Gasteiger partial charge in [0.2, 0.25) is 0 Å². The molecule has 1 aliphatic carbocycles. The summed E-state index contributed by atoms with van der Waals surface area (Å²) < 4.78 is 11.1. The molecule has 1 aliphatic rings. The molecule has 0 saturated heterocycles. The van der Waals surface area contributed by atoms with Gasteiger partial charge in [-0.25, -0.2) is 0 Å². The Kier molecular flexibility index (Phi) is 7.44. The van der Waals surface area contributed by atoms with E-state index in [0.717, 1.165) is 23.3 Å². The third-order valence-electron chi connectivity index (χ3n) is 3.81. The Balaban J connectivity index is 1.92. The molecule has 5 heteroatoms. The molecule has 0 amide bonds. The van der Waals surface area contributed by atoms with Crippen molar-refractivity contribution in [3.05, 3.63) is 53.6 Å². The summed E-state index contributed by atoms with van der Waals surface area (Å²) in [6.45, 7) is 0.603. The topological polar surface area (TPSA) is 38.7 Å². The van der Waals surface area contributed by atoms with Crippen LogP contribution in [0.15, 0.2) is 48.1 Å². The first-order chi connectivity index (χ1) is 11.2. The molecule has 0 spiro atoms. The highest BCUT2D eigenvalue weighted by atomic mass is 35.5. The van der Waals surface area contributed by atoms with E-state index >= 15 is 0 Å². The molecule has 0 bridgehead atoms. The zero-order valence-electron chi connectivity index (χ0n) is 13.1. The second-order valence-corrected chi connectivity index (χ2v) is 6.12. The van der Waals surface area contributed by atoms with Crippen molar-refractivity contribution in [2.75, 3.05) is 25.5 Å². The van der Waals surface area contributed by atoms with Gasteiger partial charge >= 0.3 is 0 Å². The number of benzene rings is 1. The minimum absolute atomic E-state index is 0.0325. The Hall–Kier alpha value is -1.00. The summed E-state index contributed by atoms with van der Waals surface area (Å²) >= 11 is 11.6. The van der Waals surface area contributed by atoms with Gasteiger partial charge in [-0.2, -0.15) is 0 Å². The van der Waals surface area contributed by atoms with E-state index in [1.54, 1.807) is 7.11 Å².